The molecule has 3 heteroatoms. The van der Waals surface area contributed by atoms with Gasteiger partial charge in [0.05, 0.1) is 6.61 Å². The molecule has 0 saturated heterocycles. The maximum absolute atomic E-state index is 5.19. The van der Waals surface area contributed by atoms with Crippen molar-refractivity contribution in [3.8, 4) is 11.3 Å². The summed E-state index contributed by atoms with van der Waals surface area (Å²) in [7, 11) is 1.68. The third-order valence-corrected chi connectivity index (χ3v) is 2.18. The molecule has 2 aromatic rings. The second kappa shape index (κ2) is 4.75. The van der Waals surface area contributed by atoms with Gasteiger partial charge in [-0.05, 0) is 0 Å². The molecule has 2 rings (SSSR count). The number of aromatic nitrogens is 1. The summed E-state index contributed by atoms with van der Waals surface area (Å²) in [6.07, 6.45) is 0.760. The van der Waals surface area contributed by atoms with Crippen LogP contribution in [0.5, 0.6) is 0 Å². The van der Waals surface area contributed by atoms with Crippen molar-refractivity contribution in [3.63, 3.8) is 0 Å². The third kappa shape index (κ3) is 2.44. The van der Waals surface area contributed by atoms with E-state index in [-0.39, 0.29) is 0 Å². The first kappa shape index (κ1) is 9.93. The van der Waals surface area contributed by atoms with Crippen molar-refractivity contribution in [3.05, 3.63) is 42.2 Å². The van der Waals surface area contributed by atoms with Gasteiger partial charge in [0, 0.05) is 25.2 Å². The van der Waals surface area contributed by atoms with Crippen LogP contribution in [0.2, 0.25) is 0 Å². The van der Waals surface area contributed by atoms with Crippen LogP contribution in [0.3, 0.4) is 0 Å². The Balaban J connectivity index is 2.14. The van der Waals surface area contributed by atoms with E-state index in [0.29, 0.717) is 6.61 Å². The molecule has 0 radical (unpaired) electrons. The molecule has 0 N–H and O–H groups in total. The molecule has 0 unspecified atom stereocenters. The normalized spacial score (nSPS) is 10.5. The topological polar surface area (TPSA) is 35.3 Å². The average Bonchev–Trinajstić information content (AvgIpc) is 2.76. The maximum atomic E-state index is 5.19. The molecule has 0 bridgehead atoms. The Labute approximate surface area is 88.7 Å². The number of rotatable bonds is 4. The van der Waals surface area contributed by atoms with Gasteiger partial charge in [-0.15, -0.1) is 0 Å². The molecule has 0 atom stereocenters. The van der Waals surface area contributed by atoms with Crippen LogP contribution in [0.25, 0.3) is 11.3 Å². The van der Waals surface area contributed by atoms with Gasteiger partial charge in [-0.1, -0.05) is 35.5 Å². The standard InChI is InChI=1S/C12H13NO2/c1-14-8-7-11-9-12(13-15-11)10-5-3-2-4-6-10/h2-6,9H,7-8H2,1H3. The number of hydrogen-bond donors (Lipinski definition) is 0. The fourth-order valence-electron chi connectivity index (χ4n) is 1.38. The summed E-state index contributed by atoms with van der Waals surface area (Å²) in [5.41, 5.74) is 1.95. The molecule has 1 aromatic heterocycles. The van der Waals surface area contributed by atoms with Gasteiger partial charge in [-0.25, -0.2) is 0 Å². The van der Waals surface area contributed by atoms with Crippen LogP contribution in [0.1, 0.15) is 5.76 Å². The van der Waals surface area contributed by atoms with Gasteiger partial charge in [0.2, 0.25) is 0 Å². The number of nitrogens with zero attached hydrogens (tertiary/aromatic N) is 1. The highest BCUT2D eigenvalue weighted by Crippen LogP contribution is 2.18. The van der Waals surface area contributed by atoms with Crippen molar-refractivity contribution in [1.82, 2.24) is 5.16 Å². The molecule has 0 aliphatic rings. The van der Waals surface area contributed by atoms with E-state index in [1.54, 1.807) is 7.11 Å². The summed E-state index contributed by atoms with van der Waals surface area (Å²) >= 11 is 0. The van der Waals surface area contributed by atoms with E-state index in [9.17, 15) is 0 Å². The van der Waals surface area contributed by atoms with E-state index >= 15 is 0 Å². The van der Waals surface area contributed by atoms with Gasteiger partial charge >= 0.3 is 0 Å². The van der Waals surface area contributed by atoms with Crippen molar-refractivity contribution >= 4 is 0 Å². The van der Waals surface area contributed by atoms with Gasteiger partial charge < -0.3 is 9.26 Å². The van der Waals surface area contributed by atoms with Gasteiger partial charge in [-0.3, -0.25) is 0 Å². The quantitative estimate of drug-likeness (QED) is 0.766. The van der Waals surface area contributed by atoms with Crippen LogP contribution in [0.15, 0.2) is 40.9 Å². The largest absolute Gasteiger partial charge is 0.384 e. The van der Waals surface area contributed by atoms with E-state index in [1.165, 1.54) is 0 Å². The molecule has 0 aliphatic heterocycles. The van der Waals surface area contributed by atoms with Gasteiger partial charge in [0.15, 0.2) is 0 Å². The van der Waals surface area contributed by atoms with Crippen molar-refractivity contribution < 1.29 is 9.26 Å². The molecule has 0 saturated carbocycles. The monoisotopic (exact) mass is 203 g/mol. The lowest BCUT2D eigenvalue weighted by Crippen LogP contribution is -1.91. The molecule has 3 nitrogen and oxygen atoms in total. The first-order chi connectivity index (χ1) is 7.40. The van der Waals surface area contributed by atoms with Gasteiger partial charge in [0.1, 0.15) is 11.5 Å². The molecule has 1 aromatic carbocycles. The SMILES string of the molecule is COCCc1cc(-c2ccccc2)no1. The van der Waals surface area contributed by atoms with Crippen molar-refractivity contribution in [2.75, 3.05) is 13.7 Å². The Morgan fingerprint density at radius 1 is 1.27 bits per heavy atom. The van der Waals surface area contributed by atoms with Crippen LogP contribution < -0.4 is 0 Å². The second-order valence-corrected chi connectivity index (χ2v) is 3.29. The van der Waals surface area contributed by atoms with Gasteiger partial charge in [0.25, 0.3) is 0 Å². The van der Waals surface area contributed by atoms with E-state index in [1.807, 2.05) is 36.4 Å². The molecule has 15 heavy (non-hydrogen) atoms. The van der Waals surface area contributed by atoms with Crippen LogP contribution in [-0.2, 0) is 11.2 Å². The van der Waals surface area contributed by atoms with Gasteiger partial charge in [-0.2, -0.15) is 0 Å². The molecular formula is C12H13NO2. The molecule has 0 amide bonds. The first-order valence-electron chi connectivity index (χ1n) is 4.90. The lowest BCUT2D eigenvalue weighted by molar-refractivity contribution is 0.193. The zero-order chi connectivity index (χ0) is 10.5. The number of ether oxygens (including phenoxy) is 1. The number of benzene rings is 1. The second-order valence-electron chi connectivity index (χ2n) is 3.29. The Hall–Kier alpha value is -1.61. The minimum Gasteiger partial charge on any atom is -0.384 e. The fourth-order valence-corrected chi connectivity index (χ4v) is 1.38. The highest BCUT2D eigenvalue weighted by atomic mass is 16.5. The van der Waals surface area contributed by atoms with Crippen LogP contribution in [0, 0.1) is 0 Å². The molecule has 0 spiro atoms. The Bertz CT molecular complexity index is 409. The maximum Gasteiger partial charge on any atom is 0.139 e. The molecule has 0 aliphatic carbocycles. The summed E-state index contributed by atoms with van der Waals surface area (Å²) in [5, 5.41) is 4.01. The third-order valence-electron chi connectivity index (χ3n) is 2.18. The number of hydrogen-bond acceptors (Lipinski definition) is 3. The molecular weight excluding hydrogens is 190 g/mol. The summed E-state index contributed by atoms with van der Waals surface area (Å²) in [4.78, 5) is 0. The fraction of sp³-hybridized carbons (Fsp3) is 0.250. The molecule has 0 fully saturated rings. The Kier molecular flexibility index (Phi) is 3.15. The van der Waals surface area contributed by atoms with Crippen molar-refractivity contribution in [2.45, 2.75) is 6.42 Å². The Morgan fingerprint density at radius 3 is 2.80 bits per heavy atom. The predicted molar refractivity (Wildman–Crippen MR) is 57.5 cm³/mol. The smallest absolute Gasteiger partial charge is 0.139 e. The highest BCUT2D eigenvalue weighted by Gasteiger charge is 2.05. The zero-order valence-corrected chi connectivity index (χ0v) is 8.64. The lowest BCUT2D eigenvalue weighted by Gasteiger charge is -1.92. The van der Waals surface area contributed by atoms with E-state index in [0.717, 1.165) is 23.4 Å². The highest BCUT2D eigenvalue weighted by molar-refractivity contribution is 5.58. The van der Waals surface area contributed by atoms with E-state index < -0.39 is 0 Å². The lowest BCUT2D eigenvalue weighted by atomic mass is 10.1. The van der Waals surface area contributed by atoms with Crippen molar-refractivity contribution in [2.24, 2.45) is 0 Å². The van der Waals surface area contributed by atoms with E-state index in [2.05, 4.69) is 5.16 Å². The van der Waals surface area contributed by atoms with Crippen LogP contribution in [-0.4, -0.2) is 18.9 Å². The van der Waals surface area contributed by atoms with Crippen molar-refractivity contribution in [1.29, 1.82) is 0 Å². The first-order valence-corrected chi connectivity index (χ1v) is 4.90. The number of methoxy groups -OCH3 is 1. The van der Waals surface area contributed by atoms with Crippen LogP contribution in [0.4, 0.5) is 0 Å². The summed E-state index contributed by atoms with van der Waals surface area (Å²) in [5.74, 6) is 0.857. The molecule has 1 heterocycles. The summed E-state index contributed by atoms with van der Waals surface area (Å²) < 4.78 is 10.2. The molecule has 78 valence electrons. The predicted octanol–water partition coefficient (Wildman–Crippen LogP) is 2.53. The van der Waals surface area contributed by atoms with Crippen LogP contribution >= 0.6 is 0 Å². The Morgan fingerprint density at radius 2 is 2.07 bits per heavy atom. The summed E-state index contributed by atoms with van der Waals surface area (Å²) in [6.45, 7) is 0.656. The average molecular weight is 203 g/mol. The van der Waals surface area contributed by atoms with E-state index in [4.69, 9.17) is 9.26 Å². The minimum absolute atomic E-state index is 0.656. The minimum atomic E-state index is 0.656. The summed E-state index contributed by atoms with van der Waals surface area (Å²) in [6, 6.07) is 11.9. The zero-order valence-electron chi connectivity index (χ0n) is 8.64.